The van der Waals surface area contributed by atoms with Gasteiger partial charge in [-0.15, -0.1) is 11.3 Å². The first-order valence-electron chi connectivity index (χ1n) is 5.48. The summed E-state index contributed by atoms with van der Waals surface area (Å²) in [7, 11) is -2.37. The maximum atomic E-state index is 12.1. The molecule has 0 saturated heterocycles. The van der Waals surface area contributed by atoms with Crippen LogP contribution in [0.2, 0.25) is 5.02 Å². The van der Waals surface area contributed by atoms with Crippen LogP contribution >= 0.6 is 33.6 Å². The number of rotatable bonds is 5. The van der Waals surface area contributed by atoms with Crippen LogP contribution in [0.3, 0.4) is 0 Å². The molecular formula is C11H9Cl2NO4S3. The predicted molar refractivity (Wildman–Crippen MR) is 82.8 cm³/mol. The molecule has 0 amide bonds. The Morgan fingerprint density at radius 1 is 1.05 bits per heavy atom. The second-order valence-electron chi connectivity index (χ2n) is 3.91. The third-order valence-electron chi connectivity index (χ3n) is 2.44. The maximum absolute atomic E-state index is 12.1. The van der Waals surface area contributed by atoms with Crippen molar-refractivity contribution in [1.29, 1.82) is 0 Å². The molecule has 1 heterocycles. The zero-order valence-corrected chi connectivity index (χ0v) is 14.2. The summed E-state index contributed by atoms with van der Waals surface area (Å²) in [5, 5.41) is 0.111. The van der Waals surface area contributed by atoms with Gasteiger partial charge in [0.05, 0.1) is 5.02 Å². The summed E-state index contributed by atoms with van der Waals surface area (Å²) in [6.07, 6.45) is 0. The van der Waals surface area contributed by atoms with Gasteiger partial charge in [0, 0.05) is 22.1 Å². The van der Waals surface area contributed by atoms with Crippen LogP contribution in [0.4, 0.5) is 0 Å². The molecule has 5 nitrogen and oxygen atoms in total. The van der Waals surface area contributed by atoms with Crippen molar-refractivity contribution in [3.8, 4) is 0 Å². The molecule has 1 aromatic heterocycles. The van der Waals surface area contributed by atoms with Crippen LogP contribution in [0.25, 0.3) is 0 Å². The molecule has 114 valence electrons. The fourth-order valence-corrected chi connectivity index (χ4v) is 5.17. The van der Waals surface area contributed by atoms with Crippen LogP contribution in [0.15, 0.2) is 45.5 Å². The topological polar surface area (TPSA) is 80.3 Å². The molecule has 0 bridgehead atoms. The normalized spacial score (nSPS) is 12.5. The standard InChI is InChI=1S/C11H9Cl2NO4S3/c12-9-3-1-2-4-10(9)21(17,18)14-7-8-5-6-11(19-8)20(13,15)16/h1-6,14H,7H2. The zero-order valence-electron chi connectivity index (χ0n) is 10.3. The van der Waals surface area contributed by atoms with Crippen molar-refractivity contribution in [3.63, 3.8) is 0 Å². The minimum atomic E-state index is -3.80. The van der Waals surface area contributed by atoms with Crippen molar-refractivity contribution >= 4 is 52.7 Å². The van der Waals surface area contributed by atoms with Gasteiger partial charge in [0.15, 0.2) is 0 Å². The Hall–Kier alpha value is -0.640. The average Bonchev–Trinajstić information content (AvgIpc) is 2.85. The summed E-state index contributed by atoms with van der Waals surface area (Å²) < 4.78 is 48.8. The summed E-state index contributed by atoms with van der Waals surface area (Å²) in [6.45, 7) is -0.0510. The second-order valence-corrected chi connectivity index (χ2v) is 10.0. The van der Waals surface area contributed by atoms with Gasteiger partial charge in [0.1, 0.15) is 9.10 Å². The van der Waals surface area contributed by atoms with E-state index >= 15 is 0 Å². The van der Waals surface area contributed by atoms with Gasteiger partial charge in [-0.25, -0.2) is 21.6 Å². The van der Waals surface area contributed by atoms with Crippen LogP contribution in [0.5, 0.6) is 0 Å². The Balaban J connectivity index is 2.16. The third kappa shape index (κ3) is 4.18. The van der Waals surface area contributed by atoms with Gasteiger partial charge in [-0.1, -0.05) is 23.7 Å². The van der Waals surface area contributed by atoms with Crippen LogP contribution in [-0.2, 0) is 25.6 Å². The molecule has 2 rings (SSSR count). The summed E-state index contributed by atoms with van der Waals surface area (Å²) in [5.74, 6) is 0. The molecule has 0 aliphatic rings. The van der Waals surface area contributed by atoms with E-state index in [1.165, 1.54) is 24.3 Å². The first-order valence-corrected chi connectivity index (χ1v) is 10.5. The van der Waals surface area contributed by atoms with Gasteiger partial charge in [0.25, 0.3) is 9.05 Å². The number of benzene rings is 1. The Kier molecular flexibility index (Phi) is 4.96. The monoisotopic (exact) mass is 385 g/mol. The fourth-order valence-electron chi connectivity index (χ4n) is 1.49. The highest BCUT2D eigenvalue weighted by atomic mass is 35.7. The second kappa shape index (κ2) is 6.23. The highest BCUT2D eigenvalue weighted by Crippen LogP contribution is 2.25. The lowest BCUT2D eigenvalue weighted by Gasteiger charge is -2.06. The van der Waals surface area contributed by atoms with Gasteiger partial charge >= 0.3 is 0 Å². The van der Waals surface area contributed by atoms with E-state index in [-0.39, 0.29) is 20.7 Å². The number of sulfonamides is 1. The smallest absolute Gasteiger partial charge is 0.207 e. The molecule has 21 heavy (non-hydrogen) atoms. The van der Waals surface area contributed by atoms with Gasteiger partial charge in [0.2, 0.25) is 10.0 Å². The zero-order chi connectivity index (χ0) is 15.7. The van der Waals surface area contributed by atoms with Crippen molar-refractivity contribution in [2.24, 2.45) is 0 Å². The van der Waals surface area contributed by atoms with Crippen molar-refractivity contribution < 1.29 is 16.8 Å². The summed E-state index contributed by atoms with van der Waals surface area (Å²) >= 11 is 6.74. The molecule has 0 radical (unpaired) electrons. The number of hydrogen-bond acceptors (Lipinski definition) is 5. The minimum absolute atomic E-state index is 0.0314. The van der Waals surface area contributed by atoms with Crippen LogP contribution in [0.1, 0.15) is 4.88 Å². The lowest BCUT2D eigenvalue weighted by Crippen LogP contribution is -2.23. The maximum Gasteiger partial charge on any atom is 0.270 e. The van der Waals surface area contributed by atoms with E-state index in [4.69, 9.17) is 22.3 Å². The van der Waals surface area contributed by atoms with E-state index in [0.717, 1.165) is 11.3 Å². The van der Waals surface area contributed by atoms with E-state index < -0.39 is 19.1 Å². The summed E-state index contributed by atoms with van der Waals surface area (Å²) in [5.41, 5.74) is 0. The van der Waals surface area contributed by atoms with Crippen LogP contribution in [-0.4, -0.2) is 16.8 Å². The van der Waals surface area contributed by atoms with Crippen LogP contribution in [0, 0.1) is 0 Å². The molecule has 0 atom stereocenters. The van der Waals surface area contributed by atoms with E-state index in [1.54, 1.807) is 12.1 Å². The first-order chi connectivity index (χ1) is 9.70. The third-order valence-corrected chi connectivity index (χ3v) is 7.52. The molecule has 0 saturated carbocycles. The quantitative estimate of drug-likeness (QED) is 0.802. The first kappa shape index (κ1) is 16.7. The largest absolute Gasteiger partial charge is 0.270 e. The van der Waals surface area contributed by atoms with Crippen molar-refractivity contribution in [1.82, 2.24) is 4.72 Å². The van der Waals surface area contributed by atoms with E-state index in [1.807, 2.05) is 0 Å². The predicted octanol–water partition coefficient (Wildman–Crippen LogP) is 2.81. The van der Waals surface area contributed by atoms with Gasteiger partial charge in [-0.2, -0.15) is 0 Å². The highest BCUT2D eigenvalue weighted by Gasteiger charge is 2.18. The summed E-state index contributed by atoms with van der Waals surface area (Å²) in [6, 6.07) is 8.86. The van der Waals surface area contributed by atoms with Crippen molar-refractivity contribution in [2.75, 3.05) is 0 Å². The van der Waals surface area contributed by atoms with Crippen molar-refractivity contribution in [2.45, 2.75) is 15.6 Å². The number of nitrogens with one attached hydrogen (secondary N) is 1. The van der Waals surface area contributed by atoms with E-state index in [9.17, 15) is 16.8 Å². The van der Waals surface area contributed by atoms with Crippen LogP contribution < -0.4 is 4.72 Å². The molecule has 0 unspecified atom stereocenters. The Morgan fingerprint density at radius 2 is 1.71 bits per heavy atom. The molecule has 1 aromatic carbocycles. The molecule has 0 aliphatic carbocycles. The Morgan fingerprint density at radius 3 is 2.29 bits per heavy atom. The van der Waals surface area contributed by atoms with E-state index in [2.05, 4.69) is 4.72 Å². The van der Waals surface area contributed by atoms with Gasteiger partial charge in [-0.3, -0.25) is 0 Å². The highest BCUT2D eigenvalue weighted by molar-refractivity contribution is 8.15. The van der Waals surface area contributed by atoms with Gasteiger partial charge < -0.3 is 0 Å². The molecule has 10 heteroatoms. The molecule has 1 N–H and O–H groups in total. The molecule has 0 fully saturated rings. The lowest BCUT2D eigenvalue weighted by molar-refractivity contribution is 0.582. The average molecular weight is 386 g/mol. The fraction of sp³-hybridized carbons (Fsp3) is 0.0909. The summed E-state index contributed by atoms with van der Waals surface area (Å²) in [4.78, 5) is 0.485. The molecular weight excluding hydrogens is 377 g/mol. The number of halogens is 2. The SMILES string of the molecule is O=S(=O)(Cl)c1ccc(CNS(=O)(=O)c2ccccc2Cl)s1. The molecule has 0 spiro atoms. The van der Waals surface area contributed by atoms with E-state index in [0.29, 0.717) is 4.88 Å². The lowest BCUT2D eigenvalue weighted by atomic mass is 10.4. The van der Waals surface area contributed by atoms with Crippen molar-refractivity contribution in [3.05, 3.63) is 46.3 Å². The Labute approximate surface area is 136 Å². The van der Waals surface area contributed by atoms with Gasteiger partial charge in [-0.05, 0) is 24.3 Å². The molecule has 2 aromatic rings. The molecule has 0 aliphatic heterocycles. The minimum Gasteiger partial charge on any atom is -0.207 e. The Bertz CT molecular complexity index is 859. The number of thiophene rings is 1. The number of hydrogen-bond donors (Lipinski definition) is 1.